The first kappa shape index (κ1) is 13.4. The van der Waals surface area contributed by atoms with Crippen LogP contribution in [-0.2, 0) is 10.3 Å². The lowest BCUT2D eigenvalue weighted by atomic mass is 9.77. The Hall–Kier alpha value is -1.55. The molecule has 4 nitrogen and oxygen atoms in total. The van der Waals surface area contributed by atoms with Gasteiger partial charge in [0, 0.05) is 12.0 Å². The number of ether oxygens (including phenoxy) is 1. The van der Waals surface area contributed by atoms with Crippen LogP contribution in [0.3, 0.4) is 0 Å². The summed E-state index contributed by atoms with van der Waals surface area (Å²) in [7, 11) is 0. The fraction of sp³-hybridized carbons (Fsp3) is 0.562. The second-order valence-electron chi connectivity index (χ2n) is 6.63. The zero-order valence-electron chi connectivity index (χ0n) is 12.1. The molecule has 1 amide bonds. The van der Waals surface area contributed by atoms with Crippen molar-refractivity contribution in [3.05, 3.63) is 29.8 Å². The molecule has 1 heterocycles. The molecule has 3 N–H and O–H groups in total. The number of fused-ring (bicyclic) bond motifs is 1. The van der Waals surface area contributed by atoms with E-state index in [0.29, 0.717) is 12.3 Å². The van der Waals surface area contributed by atoms with E-state index in [2.05, 4.69) is 5.32 Å². The summed E-state index contributed by atoms with van der Waals surface area (Å²) in [6, 6.07) is 7.70. The number of rotatable bonds is 4. The van der Waals surface area contributed by atoms with E-state index in [1.54, 1.807) is 0 Å². The van der Waals surface area contributed by atoms with E-state index >= 15 is 0 Å². The highest BCUT2D eigenvalue weighted by Crippen LogP contribution is 2.44. The van der Waals surface area contributed by atoms with Crippen LogP contribution in [0, 0.1) is 5.92 Å². The molecule has 4 heteroatoms. The van der Waals surface area contributed by atoms with Crippen LogP contribution in [0.2, 0.25) is 0 Å². The number of nitrogens with two attached hydrogens (primary N) is 1. The number of benzene rings is 1. The van der Waals surface area contributed by atoms with Gasteiger partial charge in [0.15, 0.2) is 0 Å². The van der Waals surface area contributed by atoms with Crippen LogP contribution < -0.4 is 15.8 Å². The van der Waals surface area contributed by atoms with Crippen LogP contribution in [0.15, 0.2) is 24.3 Å². The summed E-state index contributed by atoms with van der Waals surface area (Å²) in [6.45, 7) is 4.84. The predicted octanol–water partition coefficient (Wildman–Crippen LogP) is 1.93. The third-order valence-electron chi connectivity index (χ3n) is 4.23. The molecule has 2 aliphatic rings. The Morgan fingerprint density at radius 2 is 2.10 bits per heavy atom. The number of primary amides is 1. The number of hydrogen-bond donors (Lipinski definition) is 2. The topological polar surface area (TPSA) is 64.3 Å². The molecule has 1 fully saturated rings. The van der Waals surface area contributed by atoms with Gasteiger partial charge in [0.2, 0.25) is 5.91 Å². The first-order chi connectivity index (χ1) is 9.43. The quantitative estimate of drug-likeness (QED) is 0.881. The molecule has 0 spiro atoms. The maximum atomic E-state index is 12.3. The fourth-order valence-corrected chi connectivity index (χ4v) is 3.08. The van der Waals surface area contributed by atoms with Crippen molar-refractivity contribution in [1.82, 2.24) is 5.32 Å². The van der Waals surface area contributed by atoms with Crippen molar-refractivity contribution in [2.75, 3.05) is 6.54 Å². The van der Waals surface area contributed by atoms with Crippen molar-refractivity contribution in [2.45, 2.75) is 44.2 Å². The number of carbonyl (C=O) groups excluding carboxylic acids is 1. The van der Waals surface area contributed by atoms with Gasteiger partial charge in [0.1, 0.15) is 16.9 Å². The van der Waals surface area contributed by atoms with Crippen molar-refractivity contribution in [3.8, 4) is 5.75 Å². The molecule has 1 aromatic rings. The zero-order valence-corrected chi connectivity index (χ0v) is 12.1. The monoisotopic (exact) mass is 274 g/mol. The van der Waals surface area contributed by atoms with Gasteiger partial charge in [-0.3, -0.25) is 10.1 Å². The zero-order chi connectivity index (χ0) is 14.4. The van der Waals surface area contributed by atoms with Crippen LogP contribution in [0.1, 0.15) is 38.7 Å². The molecule has 20 heavy (non-hydrogen) atoms. The fourth-order valence-electron chi connectivity index (χ4n) is 3.08. The molecule has 1 aliphatic heterocycles. The Balaban J connectivity index is 2.03. The minimum Gasteiger partial charge on any atom is -0.487 e. The summed E-state index contributed by atoms with van der Waals surface area (Å²) in [5, 5.41) is 3.45. The summed E-state index contributed by atoms with van der Waals surface area (Å²) in [6.07, 6.45) is 3.03. The largest absolute Gasteiger partial charge is 0.487 e. The van der Waals surface area contributed by atoms with Gasteiger partial charge < -0.3 is 10.5 Å². The third-order valence-corrected chi connectivity index (χ3v) is 4.23. The van der Waals surface area contributed by atoms with Crippen LogP contribution in [0.4, 0.5) is 0 Å². The number of nitrogens with one attached hydrogen (secondary N) is 1. The molecule has 1 atom stereocenters. The van der Waals surface area contributed by atoms with Crippen molar-refractivity contribution in [1.29, 1.82) is 0 Å². The lowest BCUT2D eigenvalue weighted by Gasteiger charge is -2.44. The van der Waals surface area contributed by atoms with Crippen LogP contribution in [0.25, 0.3) is 0 Å². The van der Waals surface area contributed by atoms with Gasteiger partial charge in [-0.15, -0.1) is 0 Å². The number of hydrogen-bond acceptors (Lipinski definition) is 3. The Labute approximate surface area is 119 Å². The van der Waals surface area contributed by atoms with Crippen LogP contribution in [-0.4, -0.2) is 18.1 Å². The molecule has 1 unspecified atom stereocenters. The van der Waals surface area contributed by atoms with E-state index < -0.39 is 11.1 Å². The maximum Gasteiger partial charge on any atom is 0.242 e. The maximum absolute atomic E-state index is 12.3. The second kappa shape index (κ2) is 4.48. The highest BCUT2D eigenvalue weighted by atomic mass is 16.5. The Morgan fingerprint density at radius 1 is 1.40 bits per heavy atom. The van der Waals surface area contributed by atoms with Crippen LogP contribution in [0.5, 0.6) is 5.75 Å². The summed E-state index contributed by atoms with van der Waals surface area (Å²) >= 11 is 0. The van der Waals surface area contributed by atoms with Gasteiger partial charge in [-0.1, -0.05) is 18.2 Å². The van der Waals surface area contributed by atoms with E-state index in [1.807, 2.05) is 38.1 Å². The molecule has 0 saturated heterocycles. The van der Waals surface area contributed by atoms with Crippen molar-refractivity contribution in [2.24, 2.45) is 11.7 Å². The SMILES string of the molecule is CC1(C)CC(NCC2CC2)(C(N)=O)c2ccccc2O1. The van der Waals surface area contributed by atoms with Crippen molar-refractivity contribution in [3.63, 3.8) is 0 Å². The molecular formula is C16H22N2O2. The highest BCUT2D eigenvalue weighted by Gasteiger charge is 2.49. The van der Waals surface area contributed by atoms with Crippen LogP contribution >= 0.6 is 0 Å². The smallest absolute Gasteiger partial charge is 0.242 e. The molecule has 1 saturated carbocycles. The Morgan fingerprint density at radius 3 is 2.75 bits per heavy atom. The van der Waals surface area contributed by atoms with Gasteiger partial charge in [0.25, 0.3) is 0 Å². The summed E-state index contributed by atoms with van der Waals surface area (Å²) in [5.41, 5.74) is 5.42. The minimum atomic E-state index is -0.819. The van der Waals surface area contributed by atoms with E-state index in [0.717, 1.165) is 17.9 Å². The first-order valence-corrected chi connectivity index (χ1v) is 7.26. The average Bonchev–Trinajstić information content (AvgIpc) is 3.18. The number of para-hydroxylation sites is 1. The average molecular weight is 274 g/mol. The standard InChI is InChI=1S/C16H22N2O2/c1-15(2)10-16(14(17)19,18-9-11-7-8-11)12-5-3-4-6-13(12)20-15/h3-6,11,18H,7-10H2,1-2H3,(H2,17,19). The lowest BCUT2D eigenvalue weighted by molar-refractivity contribution is -0.128. The van der Waals surface area contributed by atoms with Gasteiger partial charge in [0.05, 0.1) is 0 Å². The minimum absolute atomic E-state index is 0.318. The van der Waals surface area contributed by atoms with Crippen molar-refractivity contribution >= 4 is 5.91 Å². The molecule has 1 aromatic carbocycles. The number of amides is 1. The molecule has 0 aromatic heterocycles. The highest BCUT2D eigenvalue weighted by molar-refractivity contribution is 5.87. The Bertz CT molecular complexity index is 537. The molecule has 0 bridgehead atoms. The van der Waals surface area contributed by atoms with Gasteiger partial charge in [-0.25, -0.2) is 0 Å². The van der Waals surface area contributed by atoms with E-state index in [-0.39, 0.29) is 5.91 Å². The second-order valence-corrected chi connectivity index (χ2v) is 6.63. The van der Waals surface area contributed by atoms with E-state index in [9.17, 15) is 4.79 Å². The van der Waals surface area contributed by atoms with E-state index in [1.165, 1.54) is 12.8 Å². The van der Waals surface area contributed by atoms with E-state index in [4.69, 9.17) is 10.5 Å². The van der Waals surface area contributed by atoms with Gasteiger partial charge >= 0.3 is 0 Å². The third kappa shape index (κ3) is 2.29. The summed E-state index contributed by atoms with van der Waals surface area (Å²) < 4.78 is 6.00. The first-order valence-electron chi connectivity index (χ1n) is 7.26. The normalized spacial score (nSPS) is 27.5. The predicted molar refractivity (Wildman–Crippen MR) is 77.4 cm³/mol. The molecule has 3 rings (SSSR count). The summed E-state index contributed by atoms with van der Waals surface area (Å²) in [5.74, 6) is 1.12. The molecule has 1 aliphatic carbocycles. The molecule has 108 valence electrons. The molecule has 0 radical (unpaired) electrons. The Kier molecular flexibility index (Phi) is 3.01. The van der Waals surface area contributed by atoms with Gasteiger partial charge in [-0.05, 0) is 45.2 Å². The van der Waals surface area contributed by atoms with Gasteiger partial charge in [-0.2, -0.15) is 0 Å². The summed E-state index contributed by atoms with van der Waals surface area (Å²) in [4.78, 5) is 12.3. The lowest BCUT2D eigenvalue weighted by Crippen LogP contribution is -2.59. The molecular weight excluding hydrogens is 252 g/mol. The number of carbonyl (C=O) groups is 1. The van der Waals surface area contributed by atoms with Crippen molar-refractivity contribution < 1.29 is 9.53 Å².